The molecule has 130 valence electrons. The number of amides is 1. The Morgan fingerprint density at radius 3 is 2.42 bits per heavy atom. The quantitative estimate of drug-likeness (QED) is 0.754. The molecule has 0 bridgehead atoms. The Balaban J connectivity index is 1.88. The van der Waals surface area contributed by atoms with Crippen molar-refractivity contribution in [3.05, 3.63) is 53.4 Å². The van der Waals surface area contributed by atoms with Crippen LogP contribution in [0, 0.1) is 5.92 Å². The standard InChI is InChI=1S/C17H22N2O3S2/c1-13(2)15(14-7-4-3-5-8-14)11-18-16(20)12-19-24(21,22)17-9-6-10-23-17/h3-10,13,15,19H,11-12H2,1-2H3,(H,18,20). The van der Waals surface area contributed by atoms with Gasteiger partial charge in [0.25, 0.3) is 10.0 Å². The van der Waals surface area contributed by atoms with Crippen LogP contribution in [0.1, 0.15) is 25.3 Å². The normalized spacial score (nSPS) is 13.0. The highest BCUT2D eigenvalue weighted by molar-refractivity contribution is 7.91. The predicted octanol–water partition coefficient (Wildman–Crippen LogP) is 2.58. The fraction of sp³-hybridized carbons (Fsp3) is 0.353. The van der Waals surface area contributed by atoms with Gasteiger partial charge in [-0.05, 0) is 22.9 Å². The van der Waals surface area contributed by atoms with Crippen LogP contribution in [0.2, 0.25) is 0 Å². The van der Waals surface area contributed by atoms with Crippen LogP contribution >= 0.6 is 11.3 Å². The van der Waals surface area contributed by atoms with E-state index in [2.05, 4.69) is 23.9 Å². The summed E-state index contributed by atoms with van der Waals surface area (Å²) in [4.78, 5) is 12.0. The van der Waals surface area contributed by atoms with Crippen molar-refractivity contribution in [1.29, 1.82) is 0 Å². The zero-order valence-electron chi connectivity index (χ0n) is 13.7. The molecule has 1 atom stereocenters. The first-order valence-corrected chi connectivity index (χ1v) is 10.1. The van der Waals surface area contributed by atoms with Gasteiger partial charge in [-0.15, -0.1) is 11.3 Å². The van der Waals surface area contributed by atoms with Crippen molar-refractivity contribution in [3.8, 4) is 0 Å². The maximum atomic E-state index is 12.0. The molecule has 2 aromatic rings. The molecule has 0 saturated heterocycles. The molecule has 2 N–H and O–H groups in total. The lowest BCUT2D eigenvalue weighted by Crippen LogP contribution is -2.39. The smallest absolute Gasteiger partial charge is 0.250 e. The third-order valence-electron chi connectivity index (χ3n) is 3.73. The minimum atomic E-state index is -3.61. The Morgan fingerprint density at radius 1 is 1.12 bits per heavy atom. The predicted molar refractivity (Wildman–Crippen MR) is 96.5 cm³/mol. The molecule has 0 aliphatic carbocycles. The number of benzene rings is 1. The Hall–Kier alpha value is -1.70. The van der Waals surface area contributed by atoms with Gasteiger partial charge in [0, 0.05) is 12.5 Å². The van der Waals surface area contributed by atoms with E-state index >= 15 is 0 Å². The molecule has 1 unspecified atom stereocenters. The molecule has 0 radical (unpaired) electrons. The van der Waals surface area contributed by atoms with Crippen molar-refractivity contribution in [3.63, 3.8) is 0 Å². The molecule has 7 heteroatoms. The van der Waals surface area contributed by atoms with Gasteiger partial charge >= 0.3 is 0 Å². The topological polar surface area (TPSA) is 75.3 Å². The first kappa shape index (κ1) is 18.6. The van der Waals surface area contributed by atoms with Crippen LogP contribution < -0.4 is 10.0 Å². The van der Waals surface area contributed by atoms with Gasteiger partial charge < -0.3 is 5.32 Å². The lowest BCUT2D eigenvalue weighted by atomic mass is 9.88. The van der Waals surface area contributed by atoms with E-state index in [0.29, 0.717) is 12.5 Å². The maximum Gasteiger partial charge on any atom is 0.250 e. The van der Waals surface area contributed by atoms with E-state index in [1.807, 2.05) is 30.3 Å². The average molecular weight is 367 g/mol. The van der Waals surface area contributed by atoms with Crippen molar-refractivity contribution in [2.75, 3.05) is 13.1 Å². The zero-order chi connectivity index (χ0) is 17.6. The molecule has 0 aliphatic rings. The highest BCUT2D eigenvalue weighted by atomic mass is 32.2. The van der Waals surface area contributed by atoms with Gasteiger partial charge in [-0.2, -0.15) is 0 Å². The third-order valence-corrected chi connectivity index (χ3v) is 6.53. The molecular formula is C17H22N2O3S2. The number of rotatable bonds is 8. The van der Waals surface area contributed by atoms with E-state index in [4.69, 9.17) is 0 Å². The lowest BCUT2D eigenvalue weighted by molar-refractivity contribution is -0.120. The van der Waals surface area contributed by atoms with Crippen LogP contribution in [0.5, 0.6) is 0 Å². The van der Waals surface area contributed by atoms with Gasteiger partial charge in [-0.25, -0.2) is 13.1 Å². The Labute approximate surface area is 147 Å². The number of nitrogens with one attached hydrogen (secondary N) is 2. The zero-order valence-corrected chi connectivity index (χ0v) is 15.4. The van der Waals surface area contributed by atoms with Gasteiger partial charge in [0.2, 0.25) is 5.91 Å². The number of hydrogen-bond acceptors (Lipinski definition) is 4. The summed E-state index contributed by atoms with van der Waals surface area (Å²) in [5.74, 6) is 0.205. The van der Waals surface area contributed by atoms with E-state index in [1.165, 1.54) is 6.07 Å². The molecule has 1 amide bonds. The van der Waals surface area contributed by atoms with Crippen LogP contribution in [-0.4, -0.2) is 27.4 Å². The summed E-state index contributed by atoms with van der Waals surface area (Å²) >= 11 is 1.12. The summed E-state index contributed by atoms with van der Waals surface area (Å²) in [5.41, 5.74) is 1.16. The monoisotopic (exact) mass is 366 g/mol. The van der Waals surface area contributed by atoms with Gasteiger partial charge in [0.15, 0.2) is 0 Å². The van der Waals surface area contributed by atoms with Crippen LogP contribution in [-0.2, 0) is 14.8 Å². The Morgan fingerprint density at radius 2 is 1.83 bits per heavy atom. The lowest BCUT2D eigenvalue weighted by Gasteiger charge is -2.22. The number of thiophene rings is 1. The van der Waals surface area contributed by atoms with Gasteiger partial charge in [-0.3, -0.25) is 4.79 Å². The van der Waals surface area contributed by atoms with Crippen molar-refractivity contribution in [2.24, 2.45) is 5.92 Å². The molecule has 2 rings (SSSR count). The summed E-state index contributed by atoms with van der Waals surface area (Å²) in [7, 11) is -3.61. The Bertz CT molecular complexity index is 741. The molecule has 0 aliphatic heterocycles. The molecule has 0 saturated carbocycles. The molecule has 1 heterocycles. The van der Waals surface area contributed by atoms with Crippen LogP contribution in [0.15, 0.2) is 52.1 Å². The van der Waals surface area contributed by atoms with Gasteiger partial charge in [-0.1, -0.05) is 50.2 Å². The molecular weight excluding hydrogens is 344 g/mol. The largest absolute Gasteiger partial charge is 0.354 e. The highest BCUT2D eigenvalue weighted by Gasteiger charge is 2.19. The maximum absolute atomic E-state index is 12.0. The molecule has 0 spiro atoms. The van der Waals surface area contributed by atoms with E-state index in [1.54, 1.807) is 11.4 Å². The van der Waals surface area contributed by atoms with Gasteiger partial charge in [0.05, 0.1) is 6.54 Å². The molecule has 1 aromatic heterocycles. The van der Waals surface area contributed by atoms with Crippen LogP contribution in [0.3, 0.4) is 0 Å². The van der Waals surface area contributed by atoms with Crippen molar-refractivity contribution in [1.82, 2.24) is 10.0 Å². The third kappa shape index (κ3) is 5.15. The first-order valence-electron chi connectivity index (χ1n) is 7.75. The summed E-state index contributed by atoms with van der Waals surface area (Å²) < 4.78 is 26.5. The summed E-state index contributed by atoms with van der Waals surface area (Å²) in [6, 6.07) is 13.1. The van der Waals surface area contributed by atoms with E-state index < -0.39 is 10.0 Å². The van der Waals surface area contributed by atoms with Crippen molar-refractivity contribution in [2.45, 2.75) is 24.0 Å². The number of carbonyl (C=O) groups is 1. The second-order valence-electron chi connectivity index (χ2n) is 5.82. The van der Waals surface area contributed by atoms with Crippen molar-refractivity contribution >= 4 is 27.3 Å². The van der Waals surface area contributed by atoms with E-state index in [0.717, 1.165) is 16.9 Å². The first-order chi connectivity index (χ1) is 11.4. The van der Waals surface area contributed by atoms with E-state index in [-0.39, 0.29) is 22.6 Å². The minimum Gasteiger partial charge on any atom is -0.354 e. The summed E-state index contributed by atoms with van der Waals surface area (Å²) in [6.45, 7) is 4.41. The fourth-order valence-corrected chi connectivity index (χ4v) is 4.39. The second kappa shape index (κ2) is 8.41. The second-order valence-corrected chi connectivity index (χ2v) is 8.76. The van der Waals surface area contributed by atoms with Crippen LogP contribution in [0.4, 0.5) is 0 Å². The number of hydrogen-bond donors (Lipinski definition) is 2. The summed E-state index contributed by atoms with van der Waals surface area (Å²) in [5, 5.41) is 4.50. The fourth-order valence-electron chi connectivity index (χ4n) is 2.37. The van der Waals surface area contributed by atoms with Crippen molar-refractivity contribution < 1.29 is 13.2 Å². The number of sulfonamides is 1. The molecule has 0 fully saturated rings. The van der Waals surface area contributed by atoms with E-state index in [9.17, 15) is 13.2 Å². The highest BCUT2D eigenvalue weighted by Crippen LogP contribution is 2.23. The minimum absolute atomic E-state index is 0.184. The number of carbonyl (C=O) groups excluding carboxylic acids is 1. The molecule has 1 aromatic carbocycles. The SMILES string of the molecule is CC(C)C(CNC(=O)CNS(=O)(=O)c1cccs1)c1ccccc1. The molecule has 5 nitrogen and oxygen atoms in total. The Kier molecular flexibility index (Phi) is 6.53. The van der Waals surface area contributed by atoms with Gasteiger partial charge in [0.1, 0.15) is 4.21 Å². The van der Waals surface area contributed by atoms with Crippen LogP contribution in [0.25, 0.3) is 0 Å². The summed E-state index contributed by atoms with van der Waals surface area (Å²) in [6.07, 6.45) is 0. The molecule has 24 heavy (non-hydrogen) atoms. The average Bonchev–Trinajstić information content (AvgIpc) is 3.09.